The van der Waals surface area contributed by atoms with Crippen LogP contribution in [0.4, 0.5) is 4.39 Å². The van der Waals surface area contributed by atoms with E-state index >= 15 is 0 Å². The Morgan fingerprint density at radius 2 is 1.82 bits per heavy atom. The molecule has 0 aromatic heterocycles. The van der Waals surface area contributed by atoms with E-state index < -0.39 is 5.82 Å². The first-order valence-electron chi connectivity index (χ1n) is 9.22. The fraction of sp³-hybridized carbons (Fsp3) is 0.333. The van der Waals surface area contributed by atoms with Gasteiger partial charge in [-0.05, 0) is 36.2 Å². The molecule has 28 heavy (non-hydrogen) atoms. The third-order valence-corrected chi connectivity index (χ3v) is 5.16. The molecule has 0 radical (unpaired) electrons. The number of hydrogen-bond acceptors (Lipinski definition) is 3. The summed E-state index contributed by atoms with van der Waals surface area (Å²) in [7, 11) is 0. The number of piperazine rings is 1. The molecule has 1 aliphatic rings. The molecule has 7 heteroatoms. The van der Waals surface area contributed by atoms with Gasteiger partial charge in [-0.25, -0.2) is 4.39 Å². The summed E-state index contributed by atoms with van der Waals surface area (Å²) >= 11 is 5.87. The van der Waals surface area contributed by atoms with Crippen molar-refractivity contribution in [2.75, 3.05) is 32.7 Å². The largest absolute Gasteiger partial charge is 0.351 e. The van der Waals surface area contributed by atoms with Crippen LogP contribution >= 0.6 is 11.6 Å². The van der Waals surface area contributed by atoms with Gasteiger partial charge in [-0.1, -0.05) is 35.9 Å². The molecule has 0 atom stereocenters. The highest BCUT2D eigenvalue weighted by Crippen LogP contribution is 2.17. The number of benzene rings is 2. The Morgan fingerprint density at radius 1 is 1.11 bits per heavy atom. The van der Waals surface area contributed by atoms with E-state index in [1.165, 1.54) is 18.2 Å². The Morgan fingerprint density at radius 3 is 2.54 bits per heavy atom. The molecule has 148 valence electrons. The number of halogens is 2. The summed E-state index contributed by atoms with van der Waals surface area (Å²) in [6.07, 6.45) is 0. The lowest BCUT2D eigenvalue weighted by Gasteiger charge is -2.34. The Bertz CT molecular complexity index is 866. The van der Waals surface area contributed by atoms with Crippen LogP contribution in [0.5, 0.6) is 0 Å². The number of aryl methyl sites for hydroxylation is 1. The molecular formula is C21H23ClFN3O2. The normalized spacial score (nSPS) is 14.8. The molecule has 0 saturated carbocycles. The summed E-state index contributed by atoms with van der Waals surface area (Å²) < 4.78 is 13.9. The minimum Gasteiger partial charge on any atom is -0.351 e. The molecule has 0 aliphatic carbocycles. The molecule has 2 aromatic rings. The van der Waals surface area contributed by atoms with Crippen LogP contribution in [0.1, 0.15) is 21.5 Å². The number of nitrogens with zero attached hydrogens (tertiary/aromatic N) is 2. The second-order valence-corrected chi connectivity index (χ2v) is 7.33. The maximum absolute atomic E-state index is 13.9. The second-order valence-electron chi connectivity index (χ2n) is 6.90. The van der Waals surface area contributed by atoms with Crippen molar-refractivity contribution in [3.63, 3.8) is 0 Å². The highest BCUT2D eigenvalue weighted by Gasteiger charge is 2.25. The third-order valence-electron chi connectivity index (χ3n) is 4.92. The monoisotopic (exact) mass is 403 g/mol. The van der Waals surface area contributed by atoms with E-state index in [9.17, 15) is 14.0 Å². The average Bonchev–Trinajstić information content (AvgIpc) is 2.69. The van der Waals surface area contributed by atoms with Gasteiger partial charge >= 0.3 is 0 Å². The zero-order chi connectivity index (χ0) is 20.1. The van der Waals surface area contributed by atoms with Crippen molar-refractivity contribution >= 4 is 23.4 Å². The average molecular weight is 404 g/mol. The van der Waals surface area contributed by atoms with Gasteiger partial charge in [0.25, 0.3) is 5.91 Å². The van der Waals surface area contributed by atoms with Gasteiger partial charge in [0.2, 0.25) is 5.91 Å². The Labute approximate surface area is 169 Å². The first-order valence-corrected chi connectivity index (χ1v) is 9.59. The van der Waals surface area contributed by atoms with Crippen molar-refractivity contribution in [2.24, 2.45) is 0 Å². The van der Waals surface area contributed by atoms with Crippen LogP contribution in [0, 0.1) is 12.7 Å². The molecule has 0 spiro atoms. The van der Waals surface area contributed by atoms with Crippen molar-refractivity contribution in [3.8, 4) is 0 Å². The molecule has 0 unspecified atom stereocenters. The Hall–Kier alpha value is -2.44. The van der Waals surface area contributed by atoms with Crippen LogP contribution in [0.2, 0.25) is 5.02 Å². The maximum Gasteiger partial charge on any atom is 0.256 e. The van der Waals surface area contributed by atoms with E-state index in [4.69, 9.17) is 11.6 Å². The van der Waals surface area contributed by atoms with Gasteiger partial charge in [-0.2, -0.15) is 0 Å². The van der Waals surface area contributed by atoms with Gasteiger partial charge in [0, 0.05) is 37.7 Å². The highest BCUT2D eigenvalue weighted by molar-refractivity contribution is 6.31. The third kappa shape index (κ3) is 5.09. The number of nitrogens with one attached hydrogen (secondary N) is 1. The van der Waals surface area contributed by atoms with E-state index in [1.807, 2.05) is 36.1 Å². The molecule has 3 rings (SSSR count). The molecule has 1 aliphatic heterocycles. The second kappa shape index (κ2) is 9.17. The quantitative estimate of drug-likeness (QED) is 0.835. The van der Waals surface area contributed by atoms with E-state index in [0.29, 0.717) is 37.7 Å². The van der Waals surface area contributed by atoms with Crippen LogP contribution in [-0.4, -0.2) is 54.3 Å². The minimum absolute atomic E-state index is 0.0167. The predicted octanol–water partition coefficient (Wildman–Crippen LogP) is 2.86. The zero-order valence-corrected chi connectivity index (χ0v) is 16.5. The number of hydrogen-bond donors (Lipinski definition) is 1. The highest BCUT2D eigenvalue weighted by atomic mass is 35.5. The van der Waals surface area contributed by atoms with Crippen LogP contribution in [-0.2, 0) is 11.3 Å². The number of amides is 2. The molecule has 2 aromatic carbocycles. The predicted molar refractivity (Wildman–Crippen MR) is 107 cm³/mol. The van der Waals surface area contributed by atoms with E-state index in [1.54, 1.807) is 4.90 Å². The summed E-state index contributed by atoms with van der Waals surface area (Å²) in [5.74, 6) is -1.00. The van der Waals surface area contributed by atoms with Gasteiger partial charge in [0.15, 0.2) is 0 Å². The molecule has 1 saturated heterocycles. The first kappa shape index (κ1) is 20.3. The van der Waals surface area contributed by atoms with Crippen LogP contribution in [0.25, 0.3) is 0 Å². The molecule has 0 bridgehead atoms. The fourth-order valence-corrected chi connectivity index (χ4v) is 3.37. The molecular weight excluding hydrogens is 381 g/mol. The van der Waals surface area contributed by atoms with Crippen molar-refractivity contribution < 1.29 is 14.0 Å². The summed E-state index contributed by atoms with van der Waals surface area (Å²) in [6.45, 7) is 4.79. The lowest BCUT2D eigenvalue weighted by Crippen LogP contribution is -2.51. The molecule has 1 N–H and O–H groups in total. The van der Waals surface area contributed by atoms with E-state index in [2.05, 4.69) is 5.32 Å². The fourth-order valence-electron chi connectivity index (χ4n) is 3.20. The van der Waals surface area contributed by atoms with Crippen molar-refractivity contribution in [3.05, 3.63) is 70.0 Å². The zero-order valence-electron chi connectivity index (χ0n) is 15.8. The lowest BCUT2D eigenvalue weighted by atomic mass is 10.1. The first-order chi connectivity index (χ1) is 13.4. The topological polar surface area (TPSA) is 52.7 Å². The smallest absolute Gasteiger partial charge is 0.256 e. The summed E-state index contributed by atoms with van der Waals surface area (Å²) in [5.41, 5.74) is 2.22. The Kier molecular flexibility index (Phi) is 6.65. The number of rotatable bonds is 5. The van der Waals surface area contributed by atoms with E-state index in [-0.39, 0.29) is 23.9 Å². The van der Waals surface area contributed by atoms with Gasteiger partial charge in [-0.3, -0.25) is 14.5 Å². The number of carbonyl (C=O) groups excluding carboxylic acids is 2. The van der Waals surface area contributed by atoms with Crippen molar-refractivity contribution in [1.29, 1.82) is 0 Å². The molecule has 2 amide bonds. The van der Waals surface area contributed by atoms with Crippen LogP contribution < -0.4 is 5.32 Å². The summed E-state index contributed by atoms with van der Waals surface area (Å²) in [4.78, 5) is 28.3. The van der Waals surface area contributed by atoms with Gasteiger partial charge < -0.3 is 10.2 Å². The molecule has 1 heterocycles. The lowest BCUT2D eigenvalue weighted by molar-refractivity contribution is -0.122. The van der Waals surface area contributed by atoms with Crippen LogP contribution in [0.15, 0.2) is 42.5 Å². The van der Waals surface area contributed by atoms with Crippen molar-refractivity contribution in [1.82, 2.24) is 15.1 Å². The minimum atomic E-state index is -0.576. The molecule has 5 nitrogen and oxygen atoms in total. The number of carbonyl (C=O) groups is 2. The summed E-state index contributed by atoms with van der Waals surface area (Å²) in [5, 5.41) is 3.26. The van der Waals surface area contributed by atoms with Crippen molar-refractivity contribution in [2.45, 2.75) is 13.5 Å². The van der Waals surface area contributed by atoms with Crippen LogP contribution in [0.3, 0.4) is 0 Å². The Balaban J connectivity index is 1.47. The standard InChI is InChI=1S/C21H23ClFN3O2/c1-15-4-2-3-5-16(15)13-24-20(27)14-25-8-10-26(11-9-25)21(28)18-12-17(22)6-7-19(18)23/h2-7,12H,8-11,13-14H2,1H3,(H,24,27). The van der Waals surface area contributed by atoms with E-state index in [0.717, 1.165) is 11.1 Å². The summed E-state index contributed by atoms with van der Waals surface area (Å²) in [6, 6.07) is 11.9. The maximum atomic E-state index is 13.9. The molecule has 1 fully saturated rings. The van der Waals surface area contributed by atoms with Gasteiger partial charge in [-0.15, -0.1) is 0 Å². The SMILES string of the molecule is Cc1ccccc1CNC(=O)CN1CCN(C(=O)c2cc(Cl)ccc2F)CC1. The van der Waals surface area contributed by atoms with Gasteiger partial charge in [0.1, 0.15) is 5.82 Å². The van der Waals surface area contributed by atoms with Gasteiger partial charge in [0.05, 0.1) is 12.1 Å².